The summed E-state index contributed by atoms with van der Waals surface area (Å²) in [5, 5.41) is 7.27. The zero-order valence-corrected chi connectivity index (χ0v) is 21.3. The largest absolute Gasteiger partial charge is 0.497 e. The minimum absolute atomic E-state index is 0.809. The van der Waals surface area contributed by atoms with Crippen molar-refractivity contribution in [2.75, 3.05) is 45.2 Å². The molecule has 182 valence electrons. The molecule has 6 nitrogen and oxygen atoms in total. The Hall–Kier alpha value is -3.90. The van der Waals surface area contributed by atoms with Crippen LogP contribution in [0.2, 0.25) is 0 Å². The van der Waals surface area contributed by atoms with Crippen LogP contribution in [-0.2, 0) is 0 Å². The van der Waals surface area contributed by atoms with E-state index in [0.29, 0.717) is 0 Å². The second-order valence-electron chi connectivity index (χ2n) is 9.77. The number of aromatic nitrogens is 3. The molecule has 1 saturated heterocycles. The molecule has 2 aromatic heterocycles. The lowest BCUT2D eigenvalue weighted by atomic mass is 10.0. The number of nitrogens with zero attached hydrogens (tertiary/aromatic N) is 5. The van der Waals surface area contributed by atoms with E-state index in [-0.39, 0.29) is 0 Å². The quantitative estimate of drug-likeness (QED) is 0.336. The third-order valence-electron chi connectivity index (χ3n) is 7.44. The monoisotopic (exact) mass is 477 g/mol. The van der Waals surface area contributed by atoms with Gasteiger partial charge < -0.3 is 14.5 Å². The number of benzene rings is 3. The normalized spacial score (nSPS) is 14.6. The van der Waals surface area contributed by atoms with Crippen LogP contribution in [0.4, 0.5) is 5.69 Å². The molecule has 1 fully saturated rings. The summed E-state index contributed by atoms with van der Waals surface area (Å²) in [6.45, 7) is 8.48. The summed E-state index contributed by atoms with van der Waals surface area (Å²) in [6.07, 6.45) is 1.96. The number of fused-ring (bicyclic) bond motifs is 3. The first-order valence-electron chi connectivity index (χ1n) is 12.5. The fourth-order valence-electron chi connectivity index (χ4n) is 5.06. The fourth-order valence-corrected chi connectivity index (χ4v) is 5.06. The zero-order valence-electron chi connectivity index (χ0n) is 21.3. The van der Waals surface area contributed by atoms with Crippen LogP contribution in [0.3, 0.4) is 0 Å². The molecule has 0 unspecified atom stereocenters. The van der Waals surface area contributed by atoms with Crippen LogP contribution in [0.5, 0.6) is 5.75 Å². The average Bonchev–Trinajstić information content (AvgIpc) is 3.31. The zero-order chi connectivity index (χ0) is 24.8. The molecule has 0 radical (unpaired) electrons. The van der Waals surface area contributed by atoms with Gasteiger partial charge in [0.1, 0.15) is 11.4 Å². The van der Waals surface area contributed by atoms with E-state index in [4.69, 9.17) is 14.8 Å². The average molecular weight is 478 g/mol. The Balaban J connectivity index is 1.59. The van der Waals surface area contributed by atoms with Gasteiger partial charge in [0, 0.05) is 54.4 Å². The van der Waals surface area contributed by atoms with E-state index >= 15 is 0 Å². The van der Waals surface area contributed by atoms with Crippen molar-refractivity contribution in [1.82, 2.24) is 19.7 Å². The summed E-state index contributed by atoms with van der Waals surface area (Å²) >= 11 is 0. The maximum Gasteiger partial charge on any atom is 0.119 e. The first-order chi connectivity index (χ1) is 17.5. The highest BCUT2D eigenvalue weighted by Crippen LogP contribution is 2.36. The van der Waals surface area contributed by atoms with E-state index in [2.05, 4.69) is 83.9 Å². The Morgan fingerprint density at radius 2 is 1.61 bits per heavy atom. The topological polar surface area (TPSA) is 46.4 Å². The second-order valence-corrected chi connectivity index (χ2v) is 9.77. The van der Waals surface area contributed by atoms with Gasteiger partial charge >= 0.3 is 0 Å². The van der Waals surface area contributed by atoms with Crippen LogP contribution < -0.4 is 9.64 Å². The number of rotatable bonds is 4. The minimum Gasteiger partial charge on any atom is -0.497 e. The Labute approximate surface area is 211 Å². The van der Waals surface area contributed by atoms with Crippen molar-refractivity contribution in [3.05, 3.63) is 78.0 Å². The first kappa shape index (κ1) is 22.6. The van der Waals surface area contributed by atoms with Gasteiger partial charge in [-0.1, -0.05) is 18.2 Å². The molecule has 0 amide bonds. The van der Waals surface area contributed by atoms with Gasteiger partial charge in [0.25, 0.3) is 0 Å². The molecule has 3 heterocycles. The van der Waals surface area contributed by atoms with Gasteiger partial charge in [0.2, 0.25) is 0 Å². The van der Waals surface area contributed by atoms with E-state index in [9.17, 15) is 0 Å². The molecule has 0 atom stereocenters. The molecular formula is C30H31N5O. The number of methoxy groups -OCH3 is 1. The summed E-state index contributed by atoms with van der Waals surface area (Å²) in [6, 6.07) is 21.3. The van der Waals surface area contributed by atoms with Gasteiger partial charge in [-0.2, -0.15) is 5.10 Å². The van der Waals surface area contributed by atoms with Crippen molar-refractivity contribution in [2.24, 2.45) is 0 Å². The van der Waals surface area contributed by atoms with Crippen LogP contribution in [0.15, 0.2) is 66.9 Å². The number of pyridine rings is 1. The molecule has 0 spiro atoms. The maximum absolute atomic E-state index is 5.58. The molecule has 0 aliphatic carbocycles. The summed E-state index contributed by atoms with van der Waals surface area (Å²) in [5.41, 5.74) is 8.80. The lowest BCUT2D eigenvalue weighted by Crippen LogP contribution is -2.44. The van der Waals surface area contributed by atoms with Crippen LogP contribution in [0, 0.1) is 13.8 Å². The minimum atomic E-state index is 0.809. The molecule has 3 aromatic carbocycles. The lowest BCUT2D eigenvalue weighted by molar-refractivity contribution is 0.313. The predicted octanol–water partition coefficient (Wildman–Crippen LogP) is 5.62. The summed E-state index contributed by atoms with van der Waals surface area (Å²) < 4.78 is 7.66. The van der Waals surface area contributed by atoms with Gasteiger partial charge in [0.05, 0.1) is 23.8 Å². The summed E-state index contributed by atoms with van der Waals surface area (Å²) in [4.78, 5) is 9.63. The molecule has 6 rings (SSSR count). The third-order valence-corrected chi connectivity index (χ3v) is 7.44. The van der Waals surface area contributed by atoms with E-state index < -0.39 is 0 Å². The number of hydrogen-bond acceptors (Lipinski definition) is 5. The predicted molar refractivity (Wildman–Crippen MR) is 148 cm³/mol. The highest BCUT2D eigenvalue weighted by Gasteiger charge is 2.20. The highest BCUT2D eigenvalue weighted by atomic mass is 16.5. The van der Waals surface area contributed by atoms with Crippen molar-refractivity contribution < 1.29 is 4.74 Å². The highest BCUT2D eigenvalue weighted by molar-refractivity contribution is 6.09. The van der Waals surface area contributed by atoms with Gasteiger partial charge in [-0.25, -0.2) is 4.68 Å². The van der Waals surface area contributed by atoms with E-state index in [0.717, 1.165) is 70.7 Å². The molecule has 5 aromatic rings. The molecule has 0 saturated carbocycles. The smallest absolute Gasteiger partial charge is 0.119 e. The lowest BCUT2D eigenvalue weighted by Gasteiger charge is -2.34. The fraction of sp³-hybridized carbons (Fsp3) is 0.267. The van der Waals surface area contributed by atoms with Gasteiger partial charge in [-0.05, 0) is 74.5 Å². The standard InChI is InChI=1S/C30H31N5O/c1-20-8-9-22(16-21(20)2)29-27-19-31-28-11-10-25(36-4)18-26(28)30(27)35(32-29)24-7-5-6-23(17-24)34-14-12-33(3)13-15-34/h5-11,16-19H,12-15H2,1-4H3. The third kappa shape index (κ3) is 3.88. The Morgan fingerprint density at radius 1 is 0.806 bits per heavy atom. The van der Waals surface area contributed by atoms with Crippen LogP contribution in [0.1, 0.15) is 11.1 Å². The SMILES string of the molecule is COc1ccc2ncc3c(-c4ccc(C)c(C)c4)nn(-c4cccc(N5CCN(C)CC5)c4)c3c2c1. The van der Waals surface area contributed by atoms with Crippen molar-refractivity contribution in [1.29, 1.82) is 0 Å². The van der Waals surface area contributed by atoms with E-state index in [1.165, 1.54) is 16.8 Å². The Kier molecular flexibility index (Phi) is 5.61. The van der Waals surface area contributed by atoms with Crippen LogP contribution >= 0.6 is 0 Å². The van der Waals surface area contributed by atoms with Crippen LogP contribution in [0.25, 0.3) is 38.8 Å². The number of hydrogen-bond donors (Lipinski definition) is 0. The second kappa shape index (κ2) is 8.95. The molecule has 0 N–H and O–H groups in total. The molecule has 6 heteroatoms. The first-order valence-corrected chi connectivity index (χ1v) is 12.5. The number of ether oxygens (including phenoxy) is 1. The van der Waals surface area contributed by atoms with Gasteiger partial charge in [-0.3, -0.25) is 4.98 Å². The molecule has 1 aliphatic heterocycles. The van der Waals surface area contributed by atoms with E-state index in [1.807, 2.05) is 18.3 Å². The molecule has 0 bridgehead atoms. The number of piperazine rings is 1. The molecular weight excluding hydrogens is 446 g/mol. The number of likely N-dealkylation sites (N-methyl/N-ethyl adjacent to an activating group) is 1. The number of aryl methyl sites for hydroxylation is 2. The van der Waals surface area contributed by atoms with Crippen molar-refractivity contribution >= 4 is 27.5 Å². The van der Waals surface area contributed by atoms with Crippen molar-refractivity contribution in [3.8, 4) is 22.7 Å². The summed E-state index contributed by atoms with van der Waals surface area (Å²) in [7, 11) is 3.89. The Bertz CT molecular complexity index is 1580. The van der Waals surface area contributed by atoms with Gasteiger partial charge in [0.15, 0.2) is 0 Å². The summed E-state index contributed by atoms with van der Waals surface area (Å²) in [5.74, 6) is 0.809. The Morgan fingerprint density at radius 3 is 2.39 bits per heavy atom. The van der Waals surface area contributed by atoms with Crippen LogP contribution in [-0.4, -0.2) is 60.0 Å². The molecule has 1 aliphatic rings. The van der Waals surface area contributed by atoms with Gasteiger partial charge in [-0.15, -0.1) is 0 Å². The number of anilines is 1. The van der Waals surface area contributed by atoms with Crippen molar-refractivity contribution in [2.45, 2.75) is 13.8 Å². The van der Waals surface area contributed by atoms with E-state index in [1.54, 1.807) is 7.11 Å². The maximum atomic E-state index is 5.58. The van der Waals surface area contributed by atoms with Crippen molar-refractivity contribution in [3.63, 3.8) is 0 Å². The molecule has 36 heavy (non-hydrogen) atoms.